The summed E-state index contributed by atoms with van der Waals surface area (Å²) in [4.78, 5) is 10.1. The van der Waals surface area contributed by atoms with Gasteiger partial charge in [-0.1, -0.05) is 0 Å². The number of carbonyl (C=O) groups excluding carboxylic acids is 1. The molecule has 0 unspecified atom stereocenters. The van der Waals surface area contributed by atoms with Crippen LogP contribution in [0.4, 0.5) is 0 Å². The molecule has 1 N–H and O–H groups in total. The Morgan fingerprint density at radius 2 is 2.71 bits per heavy atom. The highest BCUT2D eigenvalue weighted by Gasteiger charge is 1.97. The highest BCUT2D eigenvalue weighted by atomic mass is 16.5. The van der Waals surface area contributed by atoms with E-state index in [0.29, 0.717) is 6.73 Å². The van der Waals surface area contributed by atoms with Crippen molar-refractivity contribution < 1.29 is 9.53 Å². The maximum absolute atomic E-state index is 10.1. The van der Waals surface area contributed by atoms with Crippen molar-refractivity contribution in [2.24, 2.45) is 0 Å². The minimum atomic E-state index is -0.279. The van der Waals surface area contributed by atoms with Crippen molar-refractivity contribution in [2.75, 3.05) is 6.73 Å². The maximum atomic E-state index is 10.1. The van der Waals surface area contributed by atoms with Crippen LogP contribution in [0.25, 0.3) is 0 Å². The number of nitrogens with one attached hydrogen (secondary N) is 1. The molecule has 0 amide bonds. The summed E-state index contributed by atoms with van der Waals surface area (Å²) in [7, 11) is 0. The van der Waals surface area contributed by atoms with E-state index in [1.165, 1.54) is 6.08 Å². The molecule has 0 radical (unpaired) electrons. The third kappa shape index (κ3) is 0.924. The number of cyclic esters (lactones) is 1. The van der Waals surface area contributed by atoms with E-state index in [4.69, 9.17) is 0 Å². The molecule has 0 saturated heterocycles. The first-order chi connectivity index (χ1) is 3.39. The summed E-state index contributed by atoms with van der Waals surface area (Å²) >= 11 is 0. The Morgan fingerprint density at radius 3 is 3.00 bits per heavy atom. The van der Waals surface area contributed by atoms with E-state index in [2.05, 4.69) is 10.1 Å². The third-order valence-electron chi connectivity index (χ3n) is 0.635. The molecular formula is C4H5NO2. The number of ether oxygens (including phenoxy) is 1. The molecule has 0 aromatic rings. The lowest BCUT2D eigenvalue weighted by Gasteiger charge is -2.04. The summed E-state index contributed by atoms with van der Waals surface area (Å²) in [5.41, 5.74) is 0. The lowest BCUT2D eigenvalue weighted by molar-refractivity contribution is -0.139. The van der Waals surface area contributed by atoms with Gasteiger partial charge in [0, 0.05) is 12.3 Å². The van der Waals surface area contributed by atoms with Gasteiger partial charge in [0.05, 0.1) is 0 Å². The molecule has 3 heteroatoms. The average molecular weight is 99.1 g/mol. The van der Waals surface area contributed by atoms with Gasteiger partial charge in [-0.15, -0.1) is 0 Å². The highest BCUT2D eigenvalue weighted by Crippen LogP contribution is 1.82. The predicted molar refractivity (Wildman–Crippen MR) is 23.2 cm³/mol. The zero-order chi connectivity index (χ0) is 5.11. The Labute approximate surface area is 41.0 Å². The van der Waals surface area contributed by atoms with Crippen molar-refractivity contribution in [1.29, 1.82) is 0 Å². The van der Waals surface area contributed by atoms with Crippen molar-refractivity contribution in [2.45, 2.75) is 0 Å². The fourth-order valence-corrected chi connectivity index (χ4v) is 0.336. The second kappa shape index (κ2) is 1.64. The van der Waals surface area contributed by atoms with Crippen LogP contribution in [0, 0.1) is 0 Å². The Balaban J connectivity index is 2.51. The Kier molecular flexibility index (Phi) is 0.978. The van der Waals surface area contributed by atoms with Gasteiger partial charge in [0.2, 0.25) is 0 Å². The summed E-state index contributed by atoms with van der Waals surface area (Å²) < 4.78 is 4.44. The summed E-state index contributed by atoms with van der Waals surface area (Å²) in [5.74, 6) is -0.279. The van der Waals surface area contributed by atoms with Crippen molar-refractivity contribution >= 4 is 5.97 Å². The normalized spacial score (nSPS) is 18.0. The number of hydrogen-bond acceptors (Lipinski definition) is 3. The van der Waals surface area contributed by atoms with Crippen molar-refractivity contribution in [3.8, 4) is 0 Å². The zero-order valence-corrected chi connectivity index (χ0v) is 3.68. The summed E-state index contributed by atoms with van der Waals surface area (Å²) in [6.45, 7) is 0.301. The van der Waals surface area contributed by atoms with Crippen LogP contribution in [-0.4, -0.2) is 12.7 Å². The highest BCUT2D eigenvalue weighted by molar-refractivity contribution is 5.82. The van der Waals surface area contributed by atoms with Gasteiger partial charge < -0.3 is 10.1 Å². The standard InChI is InChI=1S/C4H5NO2/c6-4-1-2-5-3-7-4/h1-2,5H,3H2. The van der Waals surface area contributed by atoms with E-state index in [9.17, 15) is 4.79 Å². The van der Waals surface area contributed by atoms with E-state index < -0.39 is 0 Å². The second-order valence-electron chi connectivity index (χ2n) is 1.15. The SMILES string of the molecule is O=C1C=CNCO1. The van der Waals surface area contributed by atoms with Crippen molar-refractivity contribution in [3.05, 3.63) is 12.3 Å². The molecule has 0 aromatic carbocycles. The Morgan fingerprint density at radius 1 is 1.86 bits per heavy atom. The molecule has 7 heavy (non-hydrogen) atoms. The van der Waals surface area contributed by atoms with Gasteiger partial charge in [-0.25, -0.2) is 4.79 Å². The predicted octanol–water partition coefficient (Wildman–Crippen LogP) is -0.396. The number of hydrogen-bond donors (Lipinski definition) is 1. The van der Waals surface area contributed by atoms with Gasteiger partial charge in [0.15, 0.2) is 6.73 Å². The molecule has 0 spiro atoms. The molecular weight excluding hydrogens is 94.0 g/mol. The largest absolute Gasteiger partial charge is 0.441 e. The topological polar surface area (TPSA) is 38.3 Å². The van der Waals surface area contributed by atoms with Gasteiger partial charge in [0.25, 0.3) is 0 Å². The van der Waals surface area contributed by atoms with E-state index in [-0.39, 0.29) is 5.97 Å². The summed E-state index contributed by atoms with van der Waals surface area (Å²) in [6, 6.07) is 0. The molecule has 1 aliphatic rings. The van der Waals surface area contributed by atoms with Crippen LogP contribution in [0.2, 0.25) is 0 Å². The van der Waals surface area contributed by atoms with Crippen LogP contribution in [-0.2, 0) is 9.53 Å². The van der Waals surface area contributed by atoms with Gasteiger partial charge in [-0.3, -0.25) is 0 Å². The summed E-state index contributed by atoms with van der Waals surface area (Å²) in [6.07, 6.45) is 2.90. The van der Waals surface area contributed by atoms with Gasteiger partial charge in [-0.2, -0.15) is 0 Å². The van der Waals surface area contributed by atoms with Gasteiger partial charge in [-0.05, 0) is 0 Å². The van der Waals surface area contributed by atoms with E-state index in [0.717, 1.165) is 0 Å². The molecule has 0 bridgehead atoms. The van der Waals surface area contributed by atoms with Crippen LogP contribution < -0.4 is 5.32 Å². The van der Waals surface area contributed by atoms with Gasteiger partial charge >= 0.3 is 5.97 Å². The maximum Gasteiger partial charge on any atom is 0.333 e. The quantitative estimate of drug-likeness (QED) is 0.420. The second-order valence-corrected chi connectivity index (χ2v) is 1.15. The van der Waals surface area contributed by atoms with Crippen LogP contribution >= 0.6 is 0 Å². The molecule has 3 nitrogen and oxygen atoms in total. The fraction of sp³-hybridized carbons (Fsp3) is 0.250. The lowest BCUT2D eigenvalue weighted by atomic mass is 10.6. The zero-order valence-electron chi connectivity index (χ0n) is 3.68. The fourth-order valence-electron chi connectivity index (χ4n) is 0.336. The number of carbonyl (C=O) groups is 1. The molecule has 1 aliphatic heterocycles. The van der Waals surface area contributed by atoms with E-state index in [1.54, 1.807) is 6.20 Å². The molecule has 1 rings (SSSR count). The Hall–Kier alpha value is -0.990. The van der Waals surface area contributed by atoms with Crippen LogP contribution in [0.15, 0.2) is 12.3 Å². The molecule has 1 heterocycles. The summed E-state index contributed by atoms with van der Waals surface area (Å²) in [5, 5.41) is 2.69. The molecule has 38 valence electrons. The minimum absolute atomic E-state index is 0.279. The Bertz CT molecular complexity index is 108. The van der Waals surface area contributed by atoms with E-state index >= 15 is 0 Å². The van der Waals surface area contributed by atoms with Crippen LogP contribution in [0.1, 0.15) is 0 Å². The lowest BCUT2D eigenvalue weighted by Crippen LogP contribution is -2.19. The third-order valence-corrected chi connectivity index (χ3v) is 0.635. The average Bonchev–Trinajstić information content (AvgIpc) is 1.69. The van der Waals surface area contributed by atoms with Crippen LogP contribution in [0.5, 0.6) is 0 Å². The van der Waals surface area contributed by atoms with Crippen LogP contribution in [0.3, 0.4) is 0 Å². The molecule has 0 aromatic heterocycles. The monoisotopic (exact) mass is 99.0 g/mol. The molecule has 0 atom stereocenters. The molecule has 0 saturated carbocycles. The van der Waals surface area contributed by atoms with Gasteiger partial charge in [0.1, 0.15) is 0 Å². The number of esters is 1. The molecule has 0 aliphatic carbocycles. The first-order valence-corrected chi connectivity index (χ1v) is 1.96. The number of rotatable bonds is 0. The molecule has 0 fully saturated rings. The van der Waals surface area contributed by atoms with E-state index in [1.807, 2.05) is 0 Å². The van der Waals surface area contributed by atoms with Crippen molar-refractivity contribution in [1.82, 2.24) is 5.32 Å². The first-order valence-electron chi connectivity index (χ1n) is 1.96. The first kappa shape index (κ1) is 4.18. The smallest absolute Gasteiger partial charge is 0.333 e. The van der Waals surface area contributed by atoms with Crippen molar-refractivity contribution in [3.63, 3.8) is 0 Å². The minimum Gasteiger partial charge on any atom is -0.441 e.